The van der Waals surface area contributed by atoms with Crippen LogP contribution in [-0.2, 0) is 0 Å². The summed E-state index contributed by atoms with van der Waals surface area (Å²) in [5.41, 5.74) is 0.703. The number of nitrogens with zero attached hydrogens (tertiary/aromatic N) is 2. The molecule has 6 heteroatoms. The number of hydrogen-bond donors (Lipinski definition) is 0. The first kappa shape index (κ1) is 15.6. The summed E-state index contributed by atoms with van der Waals surface area (Å²) in [6.45, 7) is 1.69. The van der Waals surface area contributed by atoms with E-state index >= 15 is 0 Å². The molecule has 0 radical (unpaired) electrons. The molecule has 1 atom stereocenters. The molecular weight excluding hydrogens is 281 g/mol. The van der Waals surface area contributed by atoms with Crippen LogP contribution in [0.1, 0.15) is 37.3 Å². The Labute approximate surface area is 121 Å². The topological polar surface area (TPSA) is 36.3 Å². The monoisotopic (exact) mass is 298 g/mol. The first-order valence-corrected chi connectivity index (χ1v) is 6.99. The summed E-state index contributed by atoms with van der Waals surface area (Å²) in [6, 6.07) is 7.40. The summed E-state index contributed by atoms with van der Waals surface area (Å²) in [5, 5.41) is 9.38. The van der Waals surface area contributed by atoms with Crippen molar-refractivity contribution in [1.82, 2.24) is 4.90 Å². The number of halogens is 3. The Morgan fingerprint density at radius 3 is 2.10 bits per heavy atom. The van der Waals surface area contributed by atoms with Crippen molar-refractivity contribution in [2.45, 2.75) is 38.1 Å². The van der Waals surface area contributed by atoms with Crippen LogP contribution < -0.4 is 4.74 Å². The smallest absolute Gasteiger partial charge is 0.406 e. The van der Waals surface area contributed by atoms with E-state index in [0.29, 0.717) is 5.56 Å². The average Bonchev–Trinajstić information content (AvgIpc) is 2.69. The van der Waals surface area contributed by atoms with Crippen molar-refractivity contribution < 1.29 is 17.9 Å². The number of alkyl halides is 3. The lowest BCUT2D eigenvalue weighted by Gasteiger charge is -2.25. The Morgan fingerprint density at radius 1 is 1.05 bits per heavy atom. The first-order valence-electron chi connectivity index (χ1n) is 6.99. The fourth-order valence-corrected chi connectivity index (χ4v) is 2.57. The molecule has 0 saturated carbocycles. The average molecular weight is 298 g/mol. The van der Waals surface area contributed by atoms with Crippen LogP contribution in [0.5, 0.6) is 5.75 Å². The minimum Gasteiger partial charge on any atom is -0.406 e. The van der Waals surface area contributed by atoms with E-state index in [9.17, 15) is 18.4 Å². The molecule has 0 bridgehead atoms. The quantitative estimate of drug-likeness (QED) is 0.845. The zero-order valence-corrected chi connectivity index (χ0v) is 11.6. The number of nitriles is 1. The summed E-state index contributed by atoms with van der Waals surface area (Å²) >= 11 is 0. The molecule has 0 aliphatic carbocycles. The van der Waals surface area contributed by atoms with E-state index in [1.807, 2.05) is 0 Å². The lowest BCUT2D eigenvalue weighted by atomic mass is 10.1. The SMILES string of the molecule is N#CC(c1ccc(OC(F)(F)F)cc1)N1CCCCCC1. The van der Waals surface area contributed by atoms with Gasteiger partial charge in [0.25, 0.3) is 0 Å². The van der Waals surface area contributed by atoms with Crippen LogP contribution in [0.4, 0.5) is 13.2 Å². The van der Waals surface area contributed by atoms with Crippen molar-refractivity contribution in [2.75, 3.05) is 13.1 Å². The molecule has 0 spiro atoms. The van der Waals surface area contributed by atoms with Crippen LogP contribution in [0.2, 0.25) is 0 Å². The van der Waals surface area contributed by atoms with Crippen molar-refractivity contribution in [3.8, 4) is 11.8 Å². The van der Waals surface area contributed by atoms with Gasteiger partial charge in [-0.2, -0.15) is 5.26 Å². The van der Waals surface area contributed by atoms with E-state index in [-0.39, 0.29) is 5.75 Å². The molecule has 0 N–H and O–H groups in total. The van der Waals surface area contributed by atoms with E-state index in [1.165, 1.54) is 24.3 Å². The maximum Gasteiger partial charge on any atom is 0.573 e. The lowest BCUT2D eigenvalue weighted by Crippen LogP contribution is -2.28. The fraction of sp³-hybridized carbons (Fsp3) is 0.533. The highest BCUT2D eigenvalue weighted by atomic mass is 19.4. The van der Waals surface area contributed by atoms with Crippen molar-refractivity contribution in [1.29, 1.82) is 5.26 Å². The highest BCUT2D eigenvalue weighted by molar-refractivity contribution is 5.31. The van der Waals surface area contributed by atoms with Crippen LogP contribution in [-0.4, -0.2) is 24.4 Å². The summed E-state index contributed by atoms with van der Waals surface area (Å²) in [5.74, 6) is -0.265. The highest BCUT2D eigenvalue weighted by Gasteiger charge is 2.31. The van der Waals surface area contributed by atoms with Crippen molar-refractivity contribution >= 4 is 0 Å². The molecule has 2 rings (SSSR count). The molecule has 0 amide bonds. The van der Waals surface area contributed by atoms with E-state index in [4.69, 9.17) is 0 Å². The third-order valence-electron chi connectivity index (χ3n) is 3.56. The molecule has 3 nitrogen and oxygen atoms in total. The standard InChI is InChI=1S/C15H17F3N2O/c16-15(17,18)21-13-7-5-12(6-8-13)14(11-19)20-9-3-1-2-4-10-20/h5-8,14H,1-4,9-10H2. The second-order valence-corrected chi connectivity index (χ2v) is 5.10. The minimum atomic E-state index is -4.69. The van der Waals surface area contributed by atoms with Gasteiger partial charge in [0.15, 0.2) is 0 Å². The predicted molar refractivity (Wildman–Crippen MR) is 71.5 cm³/mol. The zero-order chi connectivity index (χ0) is 15.3. The van der Waals surface area contributed by atoms with Crippen molar-refractivity contribution in [3.05, 3.63) is 29.8 Å². The molecule has 1 unspecified atom stereocenters. The van der Waals surface area contributed by atoms with Gasteiger partial charge in [0.1, 0.15) is 11.8 Å². The molecule has 1 aliphatic rings. The Hall–Kier alpha value is -1.74. The van der Waals surface area contributed by atoms with E-state index in [2.05, 4.69) is 15.7 Å². The molecule has 114 valence electrons. The molecule has 1 heterocycles. The van der Waals surface area contributed by atoms with Gasteiger partial charge < -0.3 is 4.74 Å². The Kier molecular flexibility index (Phi) is 5.07. The molecule has 0 aromatic heterocycles. The minimum absolute atomic E-state index is 0.265. The second-order valence-electron chi connectivity index (χ2n) is 5.10. The Balaban J connectivity index is 2.09. The van der Waals surface area contributed by atoms with Crippen LogP contribution in [0.3, 0.4) is 0 Å². The Bertz CT molecular complexity index is 485. The van der Waals surface area contributed by atoms with Gasteiger partial charge in [-0.25, -0.2) is 0 Å². The van der Waals surface area contributed by atoms with Gasteiger partial charge >= 0.3 is 6.36 Å². The Morgan fingerprint density at radius 2 is 1.62 bits per heavy atom. The summed E-state index contributed by atoms with van der Waals surface area (Å²) in [4.78, 5) is 2.09. The van der Waals surface area contributed by atoms with E-state index < -0.39 is 12.4 Å². The number of rotatable bonds is 3. The summed E-state index contributed by atoms with van der Waals surface area (Å²) in [7, 11) is 0. The van der Waals surface area contributed by atoms with Crippen LogP contribution in [0, 0.1) is 11.3 Å². The van der Waals surface area contributed by atoms with Crippen LogP contribution >= 0.6 is 0 Å². The van der Waals surface area contributed by atoms with Crippen LogP contribution in [0.15, 0.2) is 24.3 Å². The summed E-state index contributed by atoms with van der Waals surface area (Å²) in [6.07, 6.45) is -0.276. The number of likely N-dealkylation sites (tertiary alicyclic amines) is 1. The molecule has 1 fully saturated rings. The van der Waals surface area contributed by atoms with Crippen molar-refractivity contribution in [2.24, 2.45) is 0 Å². The second kappa shape index (κ2) is 6.81. The molecule has 1 aromatic carbocycles. The number of hydrogen-bond acceptors (Lipinski definition) is 3. The molecule has 21 heavy (non-hydrogen) atoms. The van der Waals surface area contributed by atoms with Crippen molar-refractivity contribution in [3.63, 3.8) is 0 Å². The molecule has 1 aromatic rings. The third kappa shape index (κ3) is 4.64. The highest BCUT2D eigenvalue weighted by Crippen LogP contribution is 2.27. The molecule has 1 aliphatic heterocycles. The zero-order valence-electron chi connectivity index (χ0n) is 11.6. The predicted octanol–water partition coefficient (Wildman–Crippen LogP) is 4.03. The molecule has 1 saturated heterocycles. The van der Waals surface area contributed by atoms with Crippen LogP contribution in [0.25, 0.3) is 0 Å². The maximum atomic E-state index is 12.1. The van der Waals surface area contributed by atoms with E-state index in [0.717, 1.165) is 38.8 Å². The maximum absolute atomic E-state index is 12.1. The largest absolute Gasteiger partial charge is 0.573 e. The lowest BCUT2D eigenvalue weighted by molar-refractivity contribution is -0.274. The number of benzene rings is 1. The van der Waals surface area contributed by atoms with Gasteiger partial charge in [-0.05, 0) is 43.6 Å². The van der Waals surface area contributed by atoms with Gasteiger partial charge in [0.2, 0.25) is 0 Å². The van der Waals surface area contributed by atoms with Gasteiger partial charge in [-0.3, -0.25) is 4.90 Å². The van der Waals surface area contributed by atoms with E-state index in [1.54, 1.807) is 0 Å². The van der Waals surface area contributed by atoms with Gasteiger partial charge in [0, 0.05) is 0 Å². The fourth-order valence-electron chi connectivity index (χ4n) is 2.57. The van der Waals surface area contributed by atoms with Gasteiger partial charge in [0.05, 0.1) is 6.07 Å². The van der Waals surface area contributed by atoms with Gasteiger partial charge in [-0.15, -0.1) is 13.2 Å². The third-order valence-corrected chi connectivity index (χ3v) is 3.56. The first-order chi connectivity index (χ1) is 9.99. The van der Waals surface area contributed by atoms with Gasteiger partial charge in [-0.1, -0.05) is 25.0 Å². The number of ether oxygens (including phenoxy) is 1. The summed E-state index contributed by atoms with van der Waals surface area (Å²) < 4.78 is 40.2. The normalized spacial score (nSPS) is 18.6. The molecular formula is C15H17F3N2O.